The highest BCUT2D eigenvalue weighted by Crippen LogP contribution is 2.30. The number of rotatable bonds is 4. The number of methoxy groups -OCH3 is 2. The van der Waals surface area contributed by atoms with Crippen LogP contribution >= 0.6 is 0 Å². The summed E-state index contributed by atoms with van der Waals surface area (Å²) in [5.74, 6) is 1.39. The Morgan fingerprint density at radius 1 is 1.00 bits per heavy atom. The van der Waals surface area contributed by atoms with Crippen molar-refractivity contribution in [2.75, 3.05) is 20.0 Å². The predicted octanol–water partition coefficient (Wildman–Crippen LogP) is 2.84. The lowest BCUT2D eigenvalue weighted by molar-refractivity contribution is 0.416. The Morgan fingerprint density at radius 2 is 1.74 bits per heavy atom. The van der Waals surface area contributed by atoms with E-state index < -0.39 is 0 Å². The third-order valence-corrected chi connectivity index (χ3v) is 3.60. The van der Waals surface area contributed by atoms with Gasteiger partial charge in [-0.15, -0.1) is 5.10 Å². The van der Waals surface area contributed by atoms with E-state index in [1.165, 1.54) is 0 Å². The number of nitrogens with two attached hydrogens (primary N) is 1. The number of nitrogen functional groups attached to an aromatic ring is 1. The van der Waals surface area contributed by atoms with Gasteiger partial charge in [0.25, 0.3) is 0 Å². The normalized spacial score (nSPS) is 10.6. The Balaban J connectivity index is 2.01. The first kappa shape index (κ1) is 14.9. The third-order valence-electron chi connectivity index (χ3n) is 3.60. The van der Waals surface area contributed by atoms with Gasteiger partial charge in [-0.1, -0.05) is 16.8 Å². The molecule has 3 rings (SSSR count). The molecule has 0 aliphatic heterocycles. The molecular weight excluding hydrogens is 292 g/mol. The molecule has 0 aliphatic rings. The molecule has 0 radical (unpaired) electrons. The maximum atomic E-state index is 5.95. The van der Waals surface area contributed by atoms with Gasteiger partial charge in [0.1, 0.15) is 17.2 Å². The minimum Gasteiger partial charge on any atom is -0.496 e. The van der Waals surface area contributed by atoms with Crippen molar-refractivity contribution in [1.82, 2.24) is 15.0 Å². The summed E-state index contributed by atoms with van der Waals surface area (Å²) in [4.78, 5) is 0. The van der Waals surface area contributed by atoms with Crippen molar-refractivity contribution in [2.24, 2.45) is 0 Å². The number of ether oxygens (including phenoxy) is 2. The second kappa shape index (κ2) is 6.00. The van der Waals surface area contributed by atoms with E-state index in [1.807, 2.05) is 37.4 Å². The fraction of sp³-hybridized carbons (Fsp3) is 0.176. The summed E-state index contributed by atoms with van der Waals surface area (Å²) >= 11 is 0. The Morgan fingerprint density at radius 3 is 2.43 bits per heavy atom. The molecule has 0 atom stereocenters. The number of benzene rings is 2. The zero-order valence-corrected chi connectivity index (χ0v) is 13.3. The molecule has 0 fully saturated rings. The van der Waals surface area contributed by atoms with Crippen molar-refractivity contribution in [2.45, 2.75) is 6.92 Å². The molecule has 2 N–H and O–H groups in total. The number of aryl methyl sites for hydroxylation is 1. The third kappa shape index (κ3) is 2.83. The highest BCUT2D eigenvalue weighted by atomic mass is 16.5. The van der Waals surface area contributed by atoms with Crippen molar-refractivity contribution in [3.8, 4) is 28.4 Å². The van der Waals surface area contributed by atoms with Crippen LogP contribution in [0.1, 0.15) is 5.56 Å². The Labute approximate surface area is 134 Å². The van der Waals surface area contributed by atoms with Gasteiger partial charge in [-0.3, -0.25) is 0 Å². The van der Waals surface area contributed by atoms with Crippen LogP contribution in [0.15, 0.2) is 42.6 Å². The summed E-state index contributed by atoms with van der Waals surface area (Å²) in [6.45, 7) is 2.03. The molecule has 2 aromatic carbocycles. The van der Waals surface area contributed by atoms with E-state index in [1.54, 1.807) is 31.0 Å². The van der Waals surface area contributed by atoms with Crippen LogP contribution in [0.3, 0.4) is 0 Å². The van der Waals surface area contributed by atoms with Gasteiger partial charge in [-0.05, 0) is 37.3 Å². The molecule has 0 bridgehead atoms. The summed E-state index contributed by atoms with van der Waals surface area (Å²) in [6, 6.07) is 11.4. The van der Waals surface area contributed by atoms with Gasteiger partial charge < -0.3 is 15.2 Å². The number of hydrogen-bond acceptors (Lipinski definition) is 5. The van der Waals surface area contributed by atoms with E-state index in [-0.39, 0.29) is 0 Å². The quantitative estimate of drug-likeness (QED) is 0.750. The van der Waals surface area contributed by atoms with Crippen LogP contribution in [0, 0.1) is 6.92 Å². The average Bonchev–Trinajstić information content (AvgIpc) is 3.04. The standard InChI is InChI=1S/C17H18N4O2/c1-11-4-6-16(22-2)13(8-11)15-10-21(20-19-15)12-5-7-17(23-3)14(18)9-12/h4-10H,18H2,1-3H3. The molecule has 0 saturated heterocycles. The molecule has 3 aromatic rings. The molecule has 118 valence electrons. The fourth-order valence-electron chi connectivity index (χ4n) is 2.40. The lowest BCUT2D eigenvalue weighted by Gasteiger charge is -2.07. The molecule has 6 heteroatoms. The first-order chi connectivity index (χ1) is 11.1. The first-order valence-electron chi connectivity index (χ1n) is 7.13. The fourth-order valence-corrected chi connectivity index (χ4v) is 2.40. The molecule has 0 amide bonds. The van der Waals surface area contributed by atoms with Gasteiger partial charge in [0.2, 0.25) is 0 Å². The van der Waals surface area contributed by atoms with Crippen LogP contribution in [-0.2, 0) is 0 Å². The second-order valence-electron chi connectivity index (χ2n) is 5.18. The lowest BCUT2D eigenvalue weighted by atomic mass is 10.1. The van der Waals surface area contributed by atoms with Gasteiger partial charge in [-0.25, -0.2) is 4.68 Å². The van der Waals surface area contributed by atoms with E-state index in [0.29, 0.717) is 11.4 Å². The van der Waals surface area contributed by atoms with Crippen LogP contribution in [0.4, 0.5) is 5.69 Å². The molecule has 0 unspecified atom stereocenters. The number of hydrogen-bond donors (Lipinski definition) is 1. The summed E-state index contributed by atoms with van der Waals surface area (Å²) in [5.41, 5.74) is 10.1. The van der Waals surface area contributed by atoms with Crippen molar-refractivity contribution in [1.29, 1.82) is 0 Å². The first-order valence-corrected chi connectivity index (χ1v) is 7.13. The van der Waals surface area contributed by atoms with Crippen LogP contribution < -0.4 is 15.2 Å². The highest BCUT2D eigenvalue weighted by molar-refractivity contribution is 5.67. The smallest absolute Gasteiger partial charge is 0.141 e. The largest absolute Gasteiger partial charge is 0.496 e. The van der Waals surface area contributed by atoms with E-state index >= 15 is 0 Å². The summed E-state index contributed by atoms with van der Waals surface area (Å²) in [6.07, 6.45) is 1.85. The number of anilines is 1. The van der Waals surface area contributed by atoms with E-state index in [0.717, 1.165) is 28.3 Å². The number of aromatic nitrogens is 3. The maximum Gasteiger partial charge on any atom is 0.141 e. The summed E-state index contributed by atoms with van der Waals surface area (Å²) in [5, 5.41) is 8.42. The minimum atomic E-state index is 0.551. The van der Waals surface area contributed by atoms with E-state index in [4.69, 9.17) is 15.2 Å². The van der Waals surface area contributed by atoms with Crippen LogP contribution in [-0.4, -0.2) is 29.2 Å². The zero-order chi connectivity index (χ0) is 16.4. The molecule has 0 spiro atoms. The minimum absolute atomic E-state index is 0.551. The molecular formula is C17H18N4O2. The SMILES string of the molecule is COc1ccc(-n2cc(-c3cc(C)ccc3OC)nn2)cc1N. The summed E-state index contributed by atoms with van der Waals surface area (Å²) in [7, 11) is 3.23. The van der Waals surface area contributed by atoms with Gasteiger partial charge in [-0.2, -0.15) is 0 Å². The molecule has 0 aliphatic carbocycles. The van der Waals surface area contributed by atoms with Crippen LogP contribution in [0.5, 0.6) is 11.5 Å². The Bertz CT molecular complexity index is 842. The van der Waals surface area contributed by atoms with Crippen molar-refractivity contribution < 1.29 is 9.47 Å². The predicted molar refractivity (Wildman–Crippen MR) is 89.0 cm³/mol. The van der Waals surface area contributed by atoms with Gasteiger partial charge in [0.15, 0.2) is 0 Å². The van der Waals surface area contributed by atoms with Gasteiger partial charge in [0, 0.05) is 5.56 Å². The van der Waals surface area contributed by atoms with Crippen molar-refractivity contribution in [3.63, 3.8) is 0 Å². The monoisotopic (exact) mass is 310 g/mol. The molecule has 1 heterocycles. The Kier molecular flexibility index (Phi) is 3.89. The lowest BCUT2D eigenvalue weighted by Crippen LogP contribution is -1.98. The average molecular weight is 310 g/mol. The Hall–Kier alpha value is -3.02. The number of nitrogens with zero attached hydrogens (tertiary/aromatic N) is 3. The van der Waals surface area contributed by atoms with Crippen LogP contribution in [0.2, 0.25) is 0 Å². The molecule has 1 aromatic heterocycles. The molecule has 6 nitrogen and oxygen atoms in total. The topological polar surface area (TPSA) is 75.2 Å². The summed E-state index contributed by atoms with van der Waals surface area (Å²) < 4.78 is 12.2. The molecule has 0 saturated carbocycles. The van der Waals surface area contributed by atoms with Crippen LogP contribution in [0.25, 0.3) is 16.9 Å². The molecule has 23 heavy (non-hydrogen) atoms. The van der Waals surface area contributed by atoms with E-state index in [9.17, 15) is 0 Å². The maximum absolute atomic E-state index is 5.95. The van der Waals surface area contributed by atoms with E-state index in [2.05, 4.69) is 10.3 Å². The second-order valence-corrected chi connectivity index (χ2v) is 5.18. The zero-order valence-electron chi connectivity index (χ0n) is 13.3. The van der Waals surface area contributed by atoms with Gasteiger partial charge in [0.05, 0.1) is 31.8 Å². The van der Waals surface area contributed by atoms with Crippen molar-refractivity contribution >= 4 is 5.69 Å². The highest BCUT2D eigenvalue weighted by Gasteiger charge is 2.11. The van der Waals surface area contributed by atoms with Gasteiger partial charge >= 0.3 is 0 Å². The van der Waals surface area contributed by atoms with Crippen molar-refractivity contribution in [3.05, 3.63) is 48.2 Å².